The van der Waals surface area contributed by atoms with Gasteiger partial charge in [-0.2, -0.15) is 0 Å². The largest absolute Gasteiger partial charge is 0.383 e. The minimum Gasteiger partial charge on any atom is -0.383 e. The van der Waals surface area contributed by atoms with Gasteiger partial charge in [-0.3, -0.25) is 4.79 Å². The van der Waals surface area contributed by atoms with Crippen LogP contribution in [-0.2, 0) is 16.1 Å². The highest BCUT2D eigenvalue weighted by atomic mass is 16.5. The van der Waals surface area contributed by atoms with Gasteiger partial charge >= 0.3 is 0 Å². The first kappa shape index (κ1) is 16.7. The van der Waals surface area contributed by atoms with E-state index in [0.717, 1.165) is 5.56 Å². The van der Waals surface area contributed by atoms with Crippen molar-refractivity contribution >= 4 is 5.91 Å². The maximum absolute atomic E-state index is 12.4. The van der Waals surface area contributed by atoms with E-state index < -0.39 is 6.04 Å². The molecule has 0 bridgehead atoms. The van der Waals surface area contributed by atoms with Gasteiger partial charge in [0.15, 0.2) is 0 Å². The molecule has 4 heteroatoms. The minimum absolute atomic E-state index is 0.000368. The summed E-state index contributed by atoms with van der Waals surface area (Å²) in [5, 5.41) is 0. The molecule has 0 radical (unpaired) electrons. The smallest absolute Gasteiger partial charge is 0.239 e. The van der Waals surface area contributed by atoms with E-state index >= 15 is 0 Å². The Morgan fingerprint density at radius 3 is 2.50 bits per heavy atom. The molecule has 0 fully saturated rings. The number of amides is 1. The Morgan fingerprint density at radius 1 is 1.30 bits per heavy atom. The van der Waals surface area contributed by atoms with Crippen molar-refractivity contribution in [2.75, 3.05) is 20.3 Å². The average Bonchev–Trinajstić information content (AvgIpc) is 2.43. The van der Waals surface area contributed by atoms with Crippen LogP contribution in [0.5, 0.6) is 0 Å². The number of carbonyl (C=O) groups is 1. The van der Waals surface area contributed by atoms with Crippen LogP contribution >= 0.6 is 0 Å². The predicted octanol–water partition coefficient (Wildman–Crippen LogP) is 2.03. The van der Waals surface area contributed by atoms with Gasteiger partial charge in [-0.05, 0) is 17.9 Å². The number of nitrogens with zero attached hydrogens (tertiary/aromatic N) is 1. The van der Waals surface area contributed by atoms with Gasteiger partial charge in [-0.25, -0.2) is 0 Å². The molecule has 0 saturated heterocycles. The zero-order valence-electron chi connectivity index (χ0n) is 12.7. The first-order valence-corrected chi connectivity index (χ1v) is 7.11. The number of hydrogen-bond donors (Lipinski definition) is 1. The van der Waals surface area contributed by atoms with Crippen LogP contribution < -0.4 is 5.73 Å². The Morgan fingerprint density at radius 2 is 1.95 bits per heavy atom. The van der Waals surface area contributed by atoms with E-state index in [1.54, 1.807) is 12.0 Å². The molecule has 0 aliphatic rings. The van der Waals surface area contributed by atoms with Crippen molar-refractivity contribution in [2.24, 2.45) is 11.7 Å². The summed E-state index contributed by atoms with van der Waals surface area (Å²) in [6.45, 7) is 5.81. The van der Waals surface area contributed by atoms with Crippen LogP contribution in [-0.4, -0.2) is 37.1 Å². The third-order valence-corrected chi connectivity index (χ3v) is 3.14. The number of benzene rings is 1. The Labute approximate surface area is 121 Å². The first-order valence-electron chi connectivity index (χ1n) is 7.11. The molecule has 0 aliphatic heterocycles. The fourth-order valence-electron chi connectivity index (χ4n) is 2.12. The molecule has 1 rings (SSSR count). The van der Waals surface area contributed by atoms with Crippen LogP contribution in [0.25, 0.3) is 0 Å². The number of carbonyl (C=O) groups excluding carboxylic acids is 1. The molecule has 0 aliphatic carbocycles. The van der Waals surface area contributed by atoms with Gasteiger partial charge in [0.2, 0.25) is 5.91 Å². The third kappa shape index (κ3) is 5.72. The molecule has 1 unspecified atom stereocenters. The van der Waals surface area contributed by atoms with Crippen molar-refractivity contribution < 1.29 is 9.53 Å². The van der Waals surface area contributed by atoms with Crippen LogP contribution in [0.4, 0.5) is 0 Å². The fourth-order valence-corrected chi connectivity index (χ4v) is 2.12. The molecule has 0 spiro atoms. The van der Waals surface area contributed by atoms with Gasteiger partial charge in [-0.1, -0.05) is 44.2 Å². The molecular weight excluding hydrogens is 252 g/mol. The summed E-state index contributed by atoms with van der Waals surface area (Å²) in [6, 6.07) is 9.51. The SMILES string of the molecule is COCCN(Cc1ccccc1)C(=O)C(N)CC(C)C. The molecule has 1 atom stereocenters. The predicted molar refractivity (Wildman–Crippen MR) is 81.2 cm³/mol. The highest BCUT2D eigenvalue weighted by Gasteiger charge is 2.21. The van der Waals surface area contributed by atoms with Crippen molar-refractivity contribution in [3.8, 4) is 0 Å². The second kappa shape index (κ2) is 8.72. The quantitative estimate of drug-likeness (QED) is 0.791. The Hall–Kier alpha value is -1.39. The van der Waals surface area contributed by atoms with Crippen molar-refractivity contribution in [3.63, 3.8) is 0 Å². The first-order chi connectivity index (χ1) is 9.54. The monoisotopic (exact) mass is 278 g/mol. The molecule has 4 nitrogen and oxygen atoms in total. The van der Waals surface area contributed by atoms with Crippen LogP contribution in [0.15, 0.2) is 30.3 Å². The molecular formula is C16H26N2O2. The van der Waals surface area contributed by atoms with Crippen LogP contribution in [0.1, 0.15) is 25.8 Å². The van der Waals surface area contributed by atoms with Gasteiger partial charge in [-0.15, -0.1) is 0 Å². The number of rotatable bonds is 8. The summed E-state index contributed by atoms with van der Waals surface area (Å²) >= 11 is 0. The summed E-state index contributed by atoms with van der Waals surface area (Å²) < 4.78 is 5.09. The number of hydrogen-bond acceptors (Lipinski definition) is 3. The number of ether oxygens (including phenoxy) is 1. The zero-order chi connectivity index (χ0) is 15.0. The lowest BCUT2D eigenvalue weighted by molar-refractivity contribution is -0.134. The highest BCUT2D eigenvalue weighted by Crippen LogP contribution is 2.10. The van der Waals surface area contributed by atoms with Gasteiger partial charge in [0, 0.05) is 20.2 Å². The molecule has 0 saturated carbocycles. The molecule has 1 amide bonds. The van der Waals surface area contributed by atoms with Crippen molar-refractivity contribution in [1.82, 2.24) is 4.90 Å². The Balaban J connectivity index is 2.70. The number of nitrogens with two attached hydrogens (primary N) is 1. The van der Waals surface area contributed by atoms with Gasteiger partial charge in [0.05, 0.1) is 12.6 Å². The van der Waals surface area contributed by atoms with E-state index in [4.69, 9.17) is 10.5 Å². The molecule has 112 valence electrons. The van der Waals surface area contributed by atoms with Gasteiger partial charge < -0.3 is 15.4 Å². The lowest BCUT2D eigenvalue weighted by atomic mass is 10.0. The molecule has 1 aromatic carbocycles. The normalized spacial score (nSPS) is 12.4. The number of methoxy groups -OCH3 is 1. The van der Waals surface area contributed by atoms with Crippen molar-refractivity contribution in [1.29, 1.82) is 0 Å². The van der Waals surface area contributed by atoms with Crippen LogP contribution in [0, 0.1) is 5.92 Å². The second-order valence-corrected chi connectivity index (χ2v) is 5.47. The lowest BCUT2D eigenvalue weighted by Crippen LogP contribution is -2.45. The molecule has 20 heavy (non-hydrogen) atoms. The summed E-state index contributed by atoms with van der Waals surface area (Å²) in [7, 11) is 1.64. The maximum Gasteiger partial charge on any atom is 0.239 e. The second-order valence-electron chi connectivity index (χ2n) is 5.47. The van der Waals surface area contributed by atoms with E-state index in [2.05, 4.69) is 13.8 Å². The van der Waals surface area contributed by atoms with Gasteiger partial charge in [0.1, 0.15) is 0 Å². The van der Waals surface area contributed by atoms with E-state index in [0.29, 0.717) is 32.0 Å². The molecule has 0 heterocycles. The van der Waals surface area contributed by atoms with Crippen LogP contribution in [0.2, 0.25) is 0 Å². The Kier molecular flexibility index (Phi) is 7.26. The molecule has 1 aromatic rings. The summed E-state index contributed by atoms with van der Waals surface area (Å²) in [4.78, 5) is 14.2. The highest BCUT2D eigenvalue weighted by molar-refractivity contribution is 5.81. The maximum atomic E-state index is 12.4. The molecule has 0 aromatic heterocycles. The van der Waals surface area contributed by atoms with E-state index in [-0.39, 0.29) is 5.91 Å². The minimum atomic E-state index is -0.435. The fraction of sp³-hybridized carbons (Fsp3) is 0.562. The molecule has 2 N–H and O–H groups in total. The average molecular weight is 278 g/mol. The van der Waals surface area contributed by atoms with E-state index in [9.17, 15) is 4.79 Å². The van der Waals surface area contributed by atoms with E-state index in [1.807, 2.05) is 30.3 Å². The third-order valence-electron chi connectivity index (χ3n) is 3.14. The van der Waals surface area contributed by atoms with Crippen molar-refractivity contribution in [2.45, 2.75) is 32.9 Å². The standard InChI is InChI=1S/C16H26N2O2/c1-13(2)11-15(17)16(19)18(9-10-20-3)12-14-7-5-4-6-8-14/h4-8,13,15H,9-12,17H2,1-3H3. The Bertz CT molecular complexity index is 393. The van der Waals surface area contributed by atoms with Crippen molar-refractivity contribution in [3.05, 3.63) is 35.9 Å². The van der Waals surface area contributed by atoms with Crippen LogP contribution in [0.3, 0.4) is 0 Å². The zero-order valence-corrected chi connectivity index (χ0v) is 12.7. The summed E-state index contributed by atoms with van der Waals surface area (Å²) in [5.41, 5.74) is 7.12. The summed E-state index contributed by atoms with van der Waals surface area (Å²) in [5.74, 6) is 0.412. The summed E-state index contributed by atoms with van der Waals surface area (Å²) in [6.07, 6.45) is 0.705. The topological polar surface area (TPSA) is 55.6 Å². The van der Waals surface area contributed by atoms with E-state index in [1.165, 1.54) is 0 Å². The lowest BCUT2D eigenvalue weighted by Gasteiger charge is -2.26. The van der Waals surface area contributed by atoms with Gasteiger partial charge in [0.25, 0.3) is 0 Å².